The number of hydrogen-bond donors (Lipinski definition) is 1. The number of hydrogen-bond acceptors (Lipinski definition) is 4. The van der Waals surface area contributed by atoms with E-state index in [1.54, 1.807) is 18.2 Å². The van der Waals surface area contributed by atoms with Crippen LogP contribution < -0.4 is 5.32 Å². The Morgan fingerprint density at radius 3 is 3.17 bits per heavy atom. The Bertz CT molecular complexity index is 480. The first kappa shape index (κ1) is 12.5. The van der Waals surface area contributed by atoms with E-state index in [-0.39, 0.29) is 11.6 Å². The van der Waals surface area contributed by atoms with Crippen LogP contribution in [0.5, 0.6) is 0 Å². The molecule has 0 spiro atoms. The van der Waals surface area contributed by atoms with Crippen molar-refractivity contribution in [2.24, 2.45) is 5.92 Å². The highest BCUT2D eigenvalue weighted by Crippen LogP contribution is 2.12. The van der Waals surface area contributed by atoms with Crippen LogP contribution in [0, 0.1) is 17.2 Å². The molecule has 1 N–H and O–H groups in total. The lowest BCUT2D eigenvalue weighted by Crippen LogP contribution is -2.31. The van der Waals surface area contributed by atoms with Crippen molar-refractivity contribution in [2.75, 3.05) is 26.7 Å². The number of nitriles is 1. The number of likely N-dealkylation sites (tertiary alicyclic amines) is 1. The van der Waals surface area contributed by atoms with Gasteiger partial charge in [0.05, 0.1) is 0 Å². The highest BCUT2D eigenvalue weighted by molar-refractivity contribution is 5.92. The Kier molecular flexibility index (Phi) is 3.90. The smallest absolute Gasteiger partial charge is 0.269 e. The lowest BCUT2D eigenvalue weighted by molar-refractivity contribution is 0.0942. The average Bonchev–Trinajstić information content (AvgIpc) is 2.82. The molecular weight excluding hydrogens is 228 g/mol. The number of nitrogens with one attached hydrogen (secondary N) is 1. The van der Waals surface area contributed by atoms with Crippen molar-refractivity contribution in [3.8, 4) is 6.07 Å². The van der Waals surface area contributed by atoms with Gasteiger partial charge in [-0.05, 0) is 38.1 Å². The van der Waals surface area contributed by atoms with E-state index in [4.69, 9.17) is 5.26 Å². The van der Waals surface area contributed by atoms with E-state index >= 15 is 0 Å². The monoisotopic (exact) mass is 244 g/mol. The van der Waals surface area contributed by atoms with Crippen molar-refractivity contribution in [2.45, 2.75) is 6.42 Å². The molecule has 1 atom stereocenters. The second-order valence-electron chi connectivity index (χ2n) is 4.65. The molecule has 0 saturated carbocycles. The fourth-order valence-electron chi connectivity index (χ4n) is 2.14. The van der Waals surface area contributed by atoms with Crippen LogP contribution in [0.2, 0.25) is 0 Å². The van der Waals surface area contributed by atoms with Gasteiger partial charge in [0, 0.05) is 13.1 Å². The molecule has 18 heavy (non-hydrogen) atoms. The summed E-state index contributed by atoms with van der Waals surface area (Å²) >= 11 is 0. The predicted octanol–water partition coefficient (Wildman–Crippen LogP) is 0.635. The van der Waals surface area contributed by atoms with Gasteiger partial charge in [0.25, 0.3) is 5.91 Å². The molecule has 5 heteroatoms. The van der Waals surface area contributed by atoms with Gasteiger partial charge in [-0.2, -0.15) is 5.26 Å². The second kappa shape index (κ2) is 5.61. The molecule has 1 unspecified atom stereocenters. The Balaban J connectivity index is 1.89. The Hall–Kier alpha value is -1.93. The Labute approximate surface area is 106 Å². The predicted molar refractivity (Wildman–Crippen MR) is 66.9 cm³/mol. The minimum absolute atomic E-state index is 0.207. The fraction of sp³-hybridized carbons (Fsp3) is 0.462. The van der Waals surface area contributed by atoms with E-state index in [1.807, 2.05) is 6.07 Å². The van der Waals surface area contributed by atoms with Gasteiger partial charge in [0.2, 0.25) is 0 Å². The van der Waals surface area contributed by atoms with Crippen molar-refractivity contribution in [1.82, 2.24) is 15.2 Å². The van der Waals surface area contributed by atoms with Gasteiger partial charge >= 0.3 is 0 Å². The van der Waals surface area contributed by atoms with E-state index in [9.17, 15) is 4.79 Å². The largest absolute Gasteiger partial charge is 0.350 e. The maximum absolute atomic E-state index is 11.9. The molecule has 2 rings (SSSR count). The fourth-order valence-corrected chi connectivity index (χ4v) is 2.14. The standard InChI is InChI=1S/C13H16N4O/c1-17-6-5-10(9-17)8-15-13(18)12-4-2-3-11(7-14)16-12/h2-4,10H,5-6,8-9H2,1H3,(H,15,18). The third kappa shape index (κ3) is 3.05. The summed E-state index contributed by atoms with van der Waals surface area (Å²) in [6.07, 6.45) is 1.11. The molecular formula is C13H16N4O. The van der Waals surface area contributed by atoms with Crippen molar-refractivity contribution >= 4 is 5.91 Å². The maximum atomic E-state index is 11.9. The van der Waals surface area contributed by atoms with Crippen LogP contribution in [-0.4, -0.2) is 42.5 Å². The zero-order valence-electron chi connectivity index (χ0n) is 10.4. The zero-order chi connectivity index (χ0) is 13.0. The molecule has 0 radical (unpaired) electrons. The first-order valence-electron chi connectivity index (χ1n) is 6.03. The van der Waals surface area contributed by atoms with E-state index in [0.717, 1.165) is 19.5 Å². The summed E-state index contributed by atoms with van der Waals surface area (Å²) < 4.78 is 0. The van der Waals surface area contributed by atoms with Gasteiger partial charge in [0.1, 0.15) is 17.5 Å². The summed E-state index contributed by atoms with van der Waals surface area (Å²) in [5.74, 6) is 0.305. The van der Waals surface area contributed by atoms with Crippen LogP contribution in [-0.2, 0) is 0 Å². The van der Waals surface area contributed by atoms with Gasteiger partial charge in [-0.1, -0.05) is 6.07 Å². The van der Waals surface area contributed by atoms with Crippen LogP contribution in [0.4, 0.5) is 0 Å². The minimum Gasteiger partial charge on any atom is -0.350 e. The third-order valence-electron chi connectivity index (χ3n) is 3.14. The van der Waals surface area contributed by atoms with E-state index in [1.165, 1.54) is 0 Å². The van der Waals surface area contributed by atoms with Crippen LogP contribution in [0.1, 0.15) is 22.6 Å². The first-order valence-corrected chi connectivity index (χ1v) is 6.03. The summed E-state index contributed by atoms with van der Waals surface area (Å²) in [7, 11) is 2.08. The van der Waals surface area contributed by atoms with Crippen LogP contribution in [0.15, 0.2) is 18.2 Å². The Morgan fingerprint density at radius 2 is 2.50 bits per heavy atom. The normalized spacial score (nSPS) is 19.4. The highest BCUT2D eigenvalue weighted by atomic mass is 16.1. The summed E-state index contributed by atoms with van der Waals surface area (Å²) in [6.45, 7) is 2.77. The number of pyridine rings is 1. The molecule has 0 aliphatic carbocycles. The number of nitrogens with zero attached hydrogens (tertiary/aromatic N) is 3. The van der Waals surface area contributed by atoms with E-state index < -0.39 is 0 Å². The molecule has 5 nitrogen and oxygen atoms in total. The molecule has 1 fully saturated rings. The molecule has 1 aromatic rings. The number of carbonyl (C=O) groups is 1. The summed E-state index contributed by atoms with van der Waals surface area (Å²) in [6, 6.07) is 6.81. The number of amides is 1. The van der Waals surface area contributed by atoms with Crippen molar-refractivity contribution in [3.05, 3.63) is 29.6 Å². The first-order chi connectivity index (χ1) is 8.69. The number of rotatable bonds is 3. The number of aromatic nitrogens is 1. The van der Waals surface area contributed by atoms with Gasteiger partial charge in [-0.15, -0.1) is 0 Å². The summed E-state index contributed by atoms with van der Waals surface area (Å²) in [4.78, 5) is 18.1. The molecule has 1 aliphatic rings. The topological polar surface area (TPSA) is 69.0 Å². The lowest BCUT2D eigenvalue weighted by atomic mass is 10.1. The van der Waals surface area contributed by atoms with E-state index in [0.29, 0.717) is 18.2 Å². The molecule has 1 saturated heterocycles. The second-order valence-corrected chi connectivity index (χ2v) is 4.65. The zero-order valence-corrected chi connectivity index (χ0v) is 10.4. The third-order valence-corrected chi connectivity index (χ3v) is 3.14. The molecule has 2 heterocycles. The van der Waals surface area contributed by atoms with Gasteiger partial charge in [0.15, 0.2) is 0 Å². The van der Waals surface area contributed by atoms with Gasteiger partial charge in [-0.3, -0.25) is 4.79 Å². The summed E-state index contributed by atoms with van der Waals surface area (Å²) in [5.41, 5.74) is 0.573. The van der Waals surface area contributed by atoms with E-state index in [2.05, 4.69) is 22.2 Å². The minimum atomic E-state index is -0.207. The summed E-state index contributed by atoms with van der Waals surface area (Å²) in [5, 5.41) is 11.6. The molecule has 1 aromatic heterocycles. The van der Waals surface area contributed by atoms with Crippen LogP contribution in [0.25, 0.3) is 0 Å². The average molecular weight is 244 g/mol. The Morgan fingerprint density at radius 1 is 1.67 bits per heavy atom. The SMILES string of the molecule is CN1CCC(CNC(=O)c2cccc(C#N)n2)C1. The molecule has 0 bridgehead atoms. The van der Waals surface area contributed by atoms with Crippen molar-refractivity contribution in [1.29, 1.82) is 5.26 Å². The number of carbonyl (C=O) groups excluding carboxylic acids is 1. The lowest BCUT2D eigenvalue weighted by Gasteiger charge is -2.11. The van der Waals surface area contributed by atoms with Gasteiger partial charge < -0.3 is 10.2 Å². The molecule has 1 amide bonds. The maximum Gasteiger partial charge on any atom is 0.269 e. The highest BCUT2D eigenvalue weighted by Gasteiger charge is 2.20. The van der Waals surface area contributed by atoms with Crippen LogP contribution in [0.3, 0.4) is 0 Å². The van der Waals surface area contributed by atoms with Crippen molar-refractivity contribution in [3.63, 3.8) is 0 Å². The van der Waals surface area contributed by atoms with Gasteiger partial charge in [-0.25, -0.2) is 4.98 Å². The molecule has 0 aromatic carbocycles. The van der Waals surface area contributed by atoms with Crippen LogP contribution >= 0.6 is 0 Å². The molecule has 1 aliphatic heterocycles. The quantitative estimate of drug-likeness (QED) is 0.847. The molecule has 94 valence electrons. The van der Waals surface area contributed by atoms with Crippen molar-refractivity contribution < 1.29 is 4.79 Å².